The molecule has 2 aromatic carbocycles. The smallest absolute Gasteiger partial charge is 0.325 e. The lowest BCUT2D eigenvalue weighted by molar-refractivity contribution is -0.143. The number of methoxy groups -OCH3 is 1. The van der Waals surface area contributed by atoms with Gasteiger partial charge in [0.05, 0.1) is 23.5 Å². The number of hydrazone groups is 1. The van der Waals surface area contributed by atoms with Gasteiger partial charge in [0.15, 0.2) is 0 Å². The molecule has 8 heteroatoms. The molecule has 7 nitrogen and oxygen atoms in total. The quantitative estimate of drug-likeness (QED) is 0.231. The van der Waals surface area contributed by atoms with Crippen molar-refractivity contribution in [1.29, 1.82) is 0 Å². The Kier molecular flexibility index (Phi) is 6.86. The second-order valence-electron chi connectivity index (χ2n) is 6.08. The highest BCUT2D eigenvalue weighted by Crippen LogP contribution is 2.22. The number of amides is 1. The largest absolute Gasteiger partial charge is 0.496 e. The van der Waals surface area contributed by atoms with E-state index in [1.807, 2.05) is 30.5 Å². The minimum Gasteiger partial charge on any atom is -0.496 e. The van der Waals surface area contributed by atoms with Crippen molar-refractivity contribution in [3.63, 3.8) is 0 Å². The minimum atomic E-state index is -0.341. The standard InChI is InChI=1S/C21H20IN3O4/c1-3-29-20(26)13-25-12-15(16-6-4-5-7-18(16)25)11-23-24-21(27)14-8-9-17(22)19(10-14)28-2/h4-12H,3,13H2,1-2H3,(H,24,27)/b23-11-. The summed E-state index contributed by atoms with van der Waals surface area (Å²) in [4.78, 5) is 24.2. The normalized spacial score (nSPS) is 11.0. The number of aromatic nitrogens is 1. The molecule has 0 radical (unpaired) electrons. The number of hydrogen-bond donors (Lipinski definition) is 1. The Balaban J connectivity index is 1.78. The number of nitrogens with zero attached hydrogens (tertiary/aromatic N) is 2. The Bertz CT molecular complexity index is 1070. The van der Waals surface area contributed by atoms with E-state index in [0.717, 1.165) is 20.0 Å². The van der Waals surface area contributed by atoms with E-state index in [1.54, 1.807) is 43.0 Å². The van der Waals surface area contributed by atoms with Crippen LogP contribution in [0.4, 0.5) is 0 Å². The molecule has 0 saturated carbocycles. The Labute approximate surface area is 181 Å². The van der Waals surface area contributed by atoms with Gasteiger partial charge in [0, 0.05) is 28.2 Å². The molecule has 0 bridgehead atoms. The van der Waals surface area contributed by atoms with Gasteiger partial charge in [0.1, 0.15) is 12.3 Å². The molecule has 0 aliphatic heterocycles. The lowest BCUT2D eigenvalue weighted by atomic mass is 10.2. The number of para-hydroxylation sites is 1. The molecule has 0 saturated heterocycles. The molecule has 0 fully saturated rings. The maximum atomic E-state index is 12.4. The number of benzene rings is 2. The summed E-state index contributed by atoms with van der Waals surface area (Å²) in [6.07, 6.45) is 3.37. The maximum absolute atomic E-state index is 12.4. The van der Waals surface area contributed by atoms with Crippen molar-refractivity contribution in [3.05, 3.63) is 63.4 Å². The Hall–Kier alpha value is -2.88. The van der Waals surface area contributed by atoms with Crippen LogP contribution in [0.2, 0.25) is 0 Å². The van der Waals surface area contributed by atoms with Gasteiger partial charge in [-0.15, -0.1) is 0 Å². The first-order valence-electron chi connectivity index (χ1n) is 8.94. The SMILES string of the molecule is CCOC(=O)Cn1cc(/C=N\NC(=O)c2ccc(I)c(OC)c2)c2ccccc21. The van der Waals surface area contributed by atoms with Crippen LogP contribution in [0.25, 0.3) is 10.9 Å². The Morgan fingerprint density at radius 1 is 1.24 bits per heavy atom. The fourth-order valence-electron chi connectivity index (χ4n) is 2.88. The van der Waals surface area contributed by atoms with Crippen molar-refractivity contribution >= 4 is 51.6 Å². The minimum absolute atomic E-state index is 0.108. The molecule has 1 aromatic heterocycles. The van der Waals surface area contributed by atoms with Gasteiger partial charge in [-0.05, 0) is 53.8 Å². The molecule has 3 rings (SSSR count). The fraction of sp³-hybridized carbons (Fsp3) is 0.190. The van der Waals surface area contributed by atoms with Crippen LogP contribution in [0, 0.1) is 3.57 Å². The molecule has 0 aliphatic rings. The predicted molar refractivity (Wildman–Crippen MR) is 119 cm³/mol. The van der Waals surface area contributed by atoms with E-state index in [2.05, 4.69) is 33.1 Å². The molecule has 29 heavy (non-hydrogen) atoms. The van der Waals surface area contributed by atoms with Gasteiger partial charge < -0.3 is 14.0 Å². The topological polar surface area (TPSA) is 81.9 Å². The van der Waals surface area contributed by atoms with Crippen molar-refractivity contribution in [3.8, 4) is 5.75 Å². The molecule has 0 unspecified atom stereocenters. The highest BCUT2D eigenvalue weighted by molar-refractivity contribution is 14.1. The number of ether oxygens (including phenoxy) is 2. The first kappa shape index (κ1) is 20.8. The van der Waals surface area contributed by atoms with E-state index in [-0.39, 0.29) is 18.4 Å². The zero-order valence-electron chi connectivity index (χ0n) is 16.0. The summed E-state index contributed by atoms with van der Waals surface area (Å²) in [5.41, 5.74) is 4.64. The van der Waals surface area contributed by atoms with E-state index in [0.29, 0.717) is 17.9 Å². The summed E-state index contributed by atoms with van der Waals surface area (Å²) < 4.78 is 13.0. The Morgan fingerprint density at radius 3 is 2.79 bits per heavy atom. The number of carbonyl (C=O) groups is 2. The van der Waals surface area contributed by atoms with Gasteiger partial charge >= 0.3 is 5.97 Å². The number of halogens is 1. The number of esters is 1. The average Bonchev–Trinajstić information content (AvgIpc) is 3.06. The summed E-state index contributed by atoms with van der Waals surface area (Å²) >= 11 is 2.14. The third-order valence-electron chi connectivity index (χ3n) is 4.21. The van der Waals surface area contributed by atoms with E-state index >= 15 is 0 Å². The first-order chi connectivity index (χ1) is 14.0. The number of fused-ring (bicyclic) bond motifs is 1. The van der Waals surface area contributed by atoms with Gasteiger partial charge in [-0.1, -0.05) is 18.2 Å². The molecule has 3 aromatic rings. The van der Waals surface area contributed by atoms with Crippen LogP contribution in [0.15, 0.2) is 53.8 Å². The van der Waals surface area contributed by atoms with Crippen molar-refractivity contribution < 1.29 is 19.1 Å². The van der Waals surface area contributed by atoms with Crippen molar-refractivity contribution in [2.24, 2.45) is 5.10 Å². The third-order valence-corrected chi connectivity index (χ3v) is 5.10. The summed E-state index contributed by atoms with van der Waals surface area (Å²) in [7, 11) is 1.56. The summed E-state index contributed by atoms with van der Waals surface area (Å²) in [6.45, 7) is 2.22. The molecule has 150 valence electrons. The van der Waals surface area contributed by atoms with Crippen LogP contribution in [0.3, 0.4) is 0 Å². The molecular weight excluding hydrogens is 485 g/mol. The molecule has 1 heterocycles. The van der Waals surface area contributed by atoms with Gasteiger partial charge in [0.25, 0.3) is 5.91 Å². The number of nitrogens with one attached hydrogen (secondary N) is 1. The second kappa shape index (κ2) is 9.55. The van der Waals surface area contributed by atoms with Crippen LogP contribution < -0.4 is 10.2 Å². The van der Waals surface area contributed by atoms with Gasteiger partial charge in [-0.2, -0.15) is 5.10 Å². The van der Waals surface area contributed by atoms with Gasteiger partial charge in [-0.3, -0.25) is 9.59 Å². The maximum Gasteiger partial charge on any atom is 0.325 e. The van der Waals surface area contributed by atoms with E-state index in [1.165, 1.54) is 0 Å². The average molecular weight is 505 g/mol. The molecule has 1 amide bonds. The van der Waals surface area contributed by atoms with E-state index < -0.39 is 0 Å². The van der Waals surface area contributed by atoms with Crippen LogP contribution in [-0.4, -0.2) is 36.4 Å². The highest BCUT2D eigenvalue weighted by Gasteiger charge is 2.11. The van der Waals surface area contributed by atoms with Crippen molar-refractivity contribution in [2.45, 2.75) is 13.5 Å². The molecule has 0 aliphatic carbocycles. The van der Waals surface area contributed by atoms with Crippen LogP contribution in [-0.2, 0) is 16.1 Å². The van der Waals surface area contributed by atoms with Crippen molar-refractivity contribution in [2.75, 3.05) is 13.7 Å². The van der Waals surface area contributed by atoms with Crippen LogP contribution in [0.5, 0.6) is 5.75 Å². The lowest BCUT2D eigenvalue weighted by Crippen LogP contribution is -2.17. The zero-order valence-corrected chi connectivity index (χ0v) is 18.2. The number of rotatable bonds is 7. The van der Waals surface area contributed by atoms with Crippen molar-refractivity contribution in [1.82, 2.24) is 9.99 Å². The third kappa shape index (κ3) is 4.94. The van der Waals surface area contributed by atoms with Crippen LogP contribution in [0.1, 0.15) is 22.8 Å². The zero-order chi connectivity index (χ0) is 20.8. The fourth-order valence-corrected chi connectivity index (χ4v) is 3.44. The highest BCUT2D eigenvalue weighted by atomic mass is 127. The van der Waals surface area contributed by atoms with E-state index in [9.17, 15) is 9.59 Å². The van der Waals surface area contributed by atoms with Gasteiger partial charge in [0.2, 0.25) is 0 Å². The predicted octanol–water partition coefficient (Wildman–Crippen LogP) is 3.58. The van der Waals surface area contributed by atoms with Gasteiger partial charge in [-0.25, -0.2) is 5.43 Å². The second-order valence-corrected chi connectivity index (χ2v) is 7.25. The summed E-state index contributed by atoms with van der Waals surface area (Å²) in [5.74, 6) is -0.0202. The Morgan fingerprint density at radius 2 is 2.03 bits per heavy atom. The first-order valence-corrected chi connectivity index (χ1v) is 10.0. The number of hydrogen-bond acceptors (Lipinski definition) is 5. The van der Waals surface area contributed by atoms with Crippen LogP contribution >= 0.6 is 22.6 Å². The lowest BCUT2D eigenvalue weighted by Gasteiger charge is -2.05. The molecule has 1 N–H and O–H groups in total. The molecule has 0 spiro atoms. The molecular formula is C21H20IN3O4. The van der Waals surface area contributed by atoms with E-state index in [4.69, 9.17) is 9.47 Å². The summed E-state index contributed by atoms with van der Waals surface area (Å²) in [5, 5.41) is 5.00. The monoisotopic (exact) mass is 505 g/mol. The summed E-state index contributed by atoms with van der Waals surface area (Å²) in [6, 6.07) is 12.8. The molecule has 0 atom stereocenters. The number of carbonyl (C=O) groups excluding carboxylic acids is 2.